The summed E-state index contributed by atoms with van der Waals surface area (Å²) in [6, 6.07) is 11.2. The van der Waals surface area contributed by atoms with Crippen molar-refractivity contribution in [1.29, 1.82) is 0 Å². The number of carbonyl (C=O) groups excluding carboxylic acids is 1. The van der Waals surface area contributed by atoms with Gasteiger partial charge >= 0.3 is 5.97 Å². The number of aliphatic carboxylic acids is 1. The van der Waals surface area contributed by atoms with Crippen molar-refractivity contribution < 1.29 is 24.5 Å². The second-order valence-corrected chi connectivity index (χ2v) is 6.95. The van der Waals surface area contributed by atoms with Crippen LogP contribution >= 0.6 is 0 Å². The Morgan fingerprint density at radius 3 is 2.71 bits per heavy atom. The minimum Gasteiger partial charge on any atom is -0.497 e. The zero-order valence-corrected chi connectivity index (χ0v) is 15.4. The van der Waals surface area contributed by atoms with Crippen LogP contribution in [0.3, 0.4) is 0 Å². The number of pyridine rings is 1. The maximum absolute atomic E-state index is 12.8. The summed E-state index contributed by atoms with van der Waals surface area (Å²) in [5, 5.41) is 20.6. The SMILES string of the molecule is COc1cccc(C[C@@]2(C(=O)O)CN(C(=O)c3cccc(=O)[nH]3)CC[C@@H]2O)c1. The van der Waals surface area contributed by atoms with Gasteiger partial charge in [0.25, 0.3) is 5.91 Å². The van der Waals surface area contributed by atoms with Gasteiger partial charge in [0, 0.05) is 19.2 Å². The topological polar surface area (TPSA) is 120 Å². The van der Waals surface area contributed by atoms with E-state index in [-0.39, 0.29) is 31.6 Å². The zero-order chi connectivity index (χ0) is 20.3. The number of likely N-dealkylation sites (tertiary alicyclic amines) is 1. The van der Waals surface area contributed by atoms with Crippen LogP contribution in [-0.4, -0.2) is 58.3 Å². The molecule has 1 amide bonds. The van der Waals surface area contributed by atoms with E-state index in [0.717, 1.165) is 0 Å². The van der Waals surface area contributed by atoms with Crippen molar-refractivity contribution >= 4 is 11.9 Å². The van der Waals surface area contributed by atoms with Crippen LogP contribution in [0.4, 0.5) is 0 Å². The molecule has 1 aromatic heterocycles. The van der Waals surface area contributed by atoms with Crippen LogP contribution in [0.15, 0.2) is 47.3 Å². The Bertz CT molecular complexity index is 940. The molecule has 0 radical (unpaired) electrons. The molecule has 1 aliphatic heterocycles. The molecular weight excluding hydrogens is 364 g/mol. The van der Waals surface area contributed by atoms with Gasteiger partial charge in [-0.15, -0.1) is 0 Å². The number of benzene rings is 1. The molecule has 0 spiro atoms. The van der Waals surface area contributed by atoms with Crippen molar-refractivity contribution in [1.82, 2.24) is 9.88 Å². The summed E-state index contributed by atoms with van der Waals surface area (Å²) >= 11 is 0. The first kappa shape index (κ1) is 19.6. The molecule has 1 fully saturated rings. The summed E-state index contributed by atoms with van der Waals surface area (Å²) in [7, 11) is 1.52. The van der Waals surface area contributed by atoms with Gasteiger partial charge in [0.15, 0.2) is 0 Å². The van der Waals surface area contributed by atoms with Crippen molar-refractivity contribution in [3.63, 3.8) is 0 Å². The molecule has 2 heterocycles. The summed E-state index contributed by atoms with van der Waals surface area (Å²) in [4.78, 5) is 40.3. The summed E-state index contributed by atoms with van der Waals surface area (Å²) in [6.07, 6.45) is -0.954. The third kappa shape index (κ3) is 3.77. The lowest BCUT2D eigenvalue weighted by atomic mass is 9.72. The molecule has 3 rings (SSSR count). The minimum atomic E-state index is -1.56. The Kier molecular flexibility index (Phi) is 5.51. The number of aromatic nitrogens is 1. The van der Waals surface area contributed by atoms with Gasteiger partial charge in [-0.05, 0) is 36.6 Å². The van der Waals surface area contributed by atoms with Gasteiger partial charge in [-0.25, -0.2) is 0 Å². The molecule has 148 valence electrons. The number of nitrogens with one attached hydrogen (secondary N) is 1. The van der Waals surface area contributed by atoms with Gasteiger partial charge in [0.1, 0.15) is 16.9 Å². The van der Waals surface area contributed by atoms with Crippen LogP contribution in [0, 0.1) is 5.41 Å². The number of hydrogen-bond acceptors (Lipinski definition) is 5. The molecule has 8 heteroatoms. The lowest BCUT2D eigenvalue weighted by Gasteiger charge is -2.43. The van der Waals surface area contributed by atoms with Crippen molar-refractivity contribution in [2.24, 2.45) is 5.41 Å². The van der Waals surface area contributed by atoms with E-state index in [0.29, 0.717) is 11.3 Å². The van der Waals surface area contributed by atoms with E-state index in [9.17, 15) is 24.6 Å². The summed E-state index contributed by atoms with van der Waals surface area (Å²) in [6.45, 7) is 0.0283. The van der Waals surface area contributed by atoms with Crippen LogP contribution in [0.1, 0.15) is 22.5 Å². The maximum Gasteiger partial charge on any atom is 0.314 e. The number of piperidine rings is 1. The monoisotopic (exact) mass is 386 g/mol. The fourth-order valence-electron chi connectivity index (χ4n) is 3.60. The highest BCUT2D eigenvalue weighted by Crippen LogP contribution is 2.35. The van der Waals surface area contributed by atoms with Gasteiger partial charge in [0.05, 0.1) is 13.2 Å². The van der Waals surface area contributed by atoms with Gasteiger partial charge in [0.2, 0.25) is 5.56 Å². The van der Waals surface area contributed by atoms with E-state index in [4.69, 9.17) is 4.74 Å². The summed E-state index contributed by atoms with van der Waals surface area (Å²) in [5.41, 5.74) is -1.20. The van der Waals surface area contributed by atoms with Gasteiger partial charge in [-0.3, -0.25) is 14.4 Å². The molecule has 0 saturated carbocycles. The molecule has 1 aromatic carbocycles. The predicted octanol–water partition coefficient (Wildman–Crippen LogP) is 0.904. The van der Waals surface area contributed by atoms with E-state index >= 15 is 0 Å². The molecule has 1 aliphatic rings. The second-order valence-electron chi connectivity index (χ2n) is 6.95. The summed E-state index contributed by atoms with van der Waals surface area (Å²) < 4.78 is 5.18. The van der Waals surface area contributed by atoms with Crippen molar-refractivity contribution in [2.45, 2.75) is 18.9 Å². The first-order chi connectivity index (χ1) is 13.4. The molecule has 3 N–H and O–H groups in total. The molecule has 1 saturated heterocycles. The summed E-state index contributed by atoms with van der Waals surface area (Å²) in [5.74, 6) is -1.07. The third-order valence-corrected chi connectivity index (χ3v) is 5.15. The largest absolute Gasteiger partial charge is 0.497 e. The number of carbonyl (C=O) groups is 2. The first-order valence-electron chi connectivity index (χ1n) is 8.89. The normalized spacial score (nSPS) is 21.9. The zero-order valence-electron chi connectivity index (χ0n) is 15.4. The van der Waals surface area contributed by atoms with Gasteiger partial charge in [-0.1, -0.05) is 18.2 Å². The van der Waals surface area contributed by atoms with E-state index in [1.165, 1.54) is 30.2 Å². The maximum atomic E-state index is 12.8. The van der Waals surface area contributed by atoms with E-state index in [2.05, 4.69) is 4.98 Å². The molecule has 28 heavy (non-hydrogen) atoms. The quantitative estimate of drug-likeness (QED) is 0.702. The fraction of sp³-hybridized carbons (Fsp3) is 0.350. The number of amides is 1. The van der Waals surface area contributed by atoms with Crippen LogP contribution in [0.5, 0.6) is 5.75 Å². The number of aliphatic hydroxyl groups is 1. The fourth-order valence-corrected chi connectivity index (χ4v) is 3.60. The molecule has 0 aliphatic carbocycles. The molecule has 0 unspecified atom stereocenters. The molecule has 2 atom stereocenters. The number of aromatic amines is 1. The second kappa shape index (κ2) is 7.85. The van der Waals surface area contributed by atoms with Crippen molar-refractivity contribution in [3.05, 3.63) is 64.1 Å². The minimum absolute atomic E-state index is 0.0375. The molecule has 0 bridgehead atoms. The predicted molar refractivity (Wildman–Crippen MR) is 100 cm³/mol. The molecular formula is C20H22N2O6. The number of nitrogens with zero attached hydrogens (tertiary/aromatic N) is 1. The number of ether oxygens (including phenoxy) is 1. The van der Waals surface area contributed by atoms with Crippen LogP contribution in [0.2, 0.25) is 0 Å². The lowest BCUT2D eigenvalue weighted by Crippen LogP contribution is -2.58. The van der Waals surface area contributed by atoms with Gasteiger partial charge in [-0.2, -0.15) is 0 Å². The smallest absolute Gasteiger partial charge is 0.314 e. The highest BCUT2D eigenvalue weighted by molar-refractivity contribution is 5.93. The van der Waals surface area contributed by atoms with Gasteiger partial charge < -0.3 is 24.8 Å². The van der Waals surface area contributed by atoms with E-state index in [1.807, 2.05) is 0 Å². The molecule has 8 nitrogen and oxygen atoms in total. The Labute approximate surface area is 161 Å². The van der Waals surface area contributed by atoms with Crippen molar-refractivity contribution in [3.8, 4) is 5.75 Å². The highest BCUT2D eigenvalue weighted by Gasteiger charge is 2.50. The highest BCUT2D eigenvalue weighted by atomic mass is 16.5. The van der Waals surface area contributed by atoms with Crippen LogP contribution in [-0.2, 0) is 11.2 Å². The average Bonchev–Trinajstić information content (AvgIpc) is 2.69. The Morgan fingerprint density at radius 1 is 1.29 bits per heavy atom. The lowest BCUT2D eigenvalue weighted by molar-refractivity contribution is -0.161. The first-order valence-corrected chi connectivity index (χ1v) is 8.89. The Hall–Kier alpha value is -3.13. The number of H-pyrrole nitrogens is 1. The molecule has 2 aromatic rings. The van der Waals surface area contributed by atoms with Crippen LogP contribution in [0.25, 0.3) is 0 Å². The number of aliphatic hydroxyl groups excluding tert-OH is 1. The third-order valence-electron chi connectivity index (χ3n) is 5.15. The van der Waals surface area contributed by atoms with E-state index in [1.54, 1.807) is 24.3 Å². The number of hydrogen-bond donors (Lipinski definition) is 3. The number of carboxylic acids is 1. The number of carboxylic acid groups (broad SMARTS) is 1. The number of rotatable bonds is 5. The average molecular weight is 386 g/mol. The van der Waals surface area contributed by atoms with Crippen LogP contribution < -0.4 is 10.3 Å². The Balaban J connectivity index is 1.91. The van der Waals surface area contributed by atoms with Crippen molar-refractivity contribution in [2.75, 3.05) is 20.2 Å². The standard InChI is InChI=1S/C20H22N2O6/c1-28-14-5-2-4-13(10-14)11-20(19(26)27)12-22(9-8-16(20)23)18(25)15-6-3-7-17(24)21-15/h2-7,10,16,23H,8-9,11-12H2,1H3,(H,21,24)(H,26,27)/t16-,20+/m0/s1. The Morgan fingerprint density at radius 2 is 2.04 bits per heavy atom. The van der Waals surface area contributed by atoms with E-state index < -0.39 is 29.0 Å². The number of methoxy groups -OCH3 is 1.